The highest BCUT2D eigenvalue weighted by atomic mass is 32.2. The number of carbonyl (C=O) groups is 1. The van der Waals surface area contributed by atoms with Crippen molar-refractivity contribution in [3.63, 3.8) is 0 Å². The molecule has 1 aliphatic heterocycles. The minimum absolute atomic E-state index is 0.343. The molecular weight excluding hydrogens is 378 g/mol. The van der Waals surface area contributed by atoms with E-state index in [2.05, 4.69) is 10.4 Å². The van der Waals surface area contributed by atoms with E-state index in [0.29, 0.717) is 34.4 Å². The van der Waals surface area contributed by atoms with Crippen LogP contribution in [0.15, 0.2) is 48.5 Å². The van der Waals surface area contributed by atoms with E-state index in [9.17, 15) is 9.00 Å². The van der Waals surface area contributed by atoms with Crippen LogP contribution in [0.4, 0.5) is 5.82 Å². The largest absolute Gasteiger partial charge is 0.493 e. The van der Waals surface area contributed by atoms with Crippen LogP contribution in [0, 0.1) is 0 Å². The van der Waals surface area contributed by atoms with Crippen LogP contribution in [0.1, 0.15) is 21.6 Å². The molecule has 1 aliphatic rings. The van der Waals surface area contributed by atoms with Crippen molar-refractivity contribution in [3.05, 3.63) is 65.4 Å². The Morgan fingerprint density at radius 3 is 2.57 bits per heavy atom. The van der Waals surface area contributed by atoms with Crippen molar-refractivity contribution in [3.8, 4) is 17.2 Å². The molecule has 7 nitrogen and oxygen atoms in total. The Morgan fingerprint density at radius 1 is 1.07 bits per heavy atom. The minimum atomic E-state index is -1.01. The Balaban J connectivity index is 1.76. The van der Waals surface area contributed by atoms with Gasteiger partial charge in [-0.1, -0.05) is 24.3 Å². The Morgan fingerprint density at radius 2 is 1.86 bits per heavy atom. The summed E-state index contributed by atoms with van der Waals surface area (Å²) in [5.41, 5.74) is 2.71. The lowest BCUT2D eigenvalue weighted by molar-refractivity contribution is 0.102. The lowest BCUT2D eigenvalue weighted by Gasteiger charge is -2.14. The van der Waals surface area contributed by atoms with Crippen LogP contribution >= 0.6 is 0 Å². The molecule has 0 saturated heterocycles. The van der Waals surface area contributed by atoms with Gasteiger partial charge in [0.25, 0.3) is 5.91 Å². The van der Waals surface area contributed by atoms with Gasteiger partial charge in [-0.15, -0.1) is 0 Å². The topological polar surface area (TPSA) is 82.5 Å². The van der Waals surface area contributed by atoms with Crippen molar-refractivity contribution in [1.29, 1.82) is 0 Å². The average Bonchev–Trinajstić information content (AvgIpc) is 3.24. The molecule has 2 aromatic carbocycles. The number of hydrogen-bond donors (Lipinski definition) is 1. The van der Waals surface area contributed by atoms with Gasteiger partial charge in [0, 0.05) is 16.4 Å². The predicted octanol–water partition coefficient (Wildman–Crippen LogP) is 2.90. The summed E-state index contributed by atoms with van der Waals surface area (Å²) in [6, 6.07) is 14.6. The molecule has 1 atom stereocenters. The molecule has 0 aliphatic carbocycles. The molecular formula is C20H19N3O4S. The molecule has 8 heteroatoms. The second-order valence-corrected chi connectivity index (χ2v) is 7.70. The number of fused-ring (bicyclic) bond motifs is 1. The molecule has 4 rings (SSSR count). The molecule has 1 unspecified atom stereocenters. The maximum atomic E-state index is 13.1. The van der Waals surface area contributed by atoms with Crippen LogP contribution in [0.25, 0.3) is 5.69 Å². The maximum absolute atomic E-state index is 13.1. The van der Waals surface area contributed by atoms with Gasteiger partial charge >= 0.3 is 0 Å². The summed E-state index contributed by atoms with van der Waals surface area (Å²) in [5, 5.41) is 7.53. The molecule has 28 heavy (non-hydrogen) atoms. The fourth-order valence-corrected chi connectivity index (χ4v) is 4.52. The van der Waals surface area contributed by atoms with Crippen LogP contribution in [0.3, 0.4) is 0 Å². The number of hydrogen-bond acceptors (Lipinski definition) is 5. The number of anilines is 1. The fourth-order valence-electron chi connectivity index (χ4n) is 3.25. The monoisotopic (exact) mass is 397 g/mol. The fraction of sp³-hybridized carbons (Fsp3) is 0.200. The molecule has 1 amide bonds. The van der Waals surface area contributed by atoms with Crippen LogP contribution in [-0.2, 0) is 22.3 Å². The molecule has 0 fully saturated rings. The SMILES string of the molecule is COc1cccc(C(=O)Nc2c3c(nn2-c2ccccc2)CS(=O)C3)c1OC. The molecule has 3 aromatic rings. The lowest BCUT2D eigenvalue weighted by Crippen LogP contribution is -2.17. The van der Waals surface area contributed by atoms with E-state index in [0.717, 1.165) is 16.9 Å². The van der Waals surface area contributed by atoms with E-state index < -0.39 is 10.8 Å². The number of nitrogens with one attached hydrogen (secondary N) is 1. The number of methoxy groups -OCH3 is 2. The summed E-state index contributed by atoms with van der Waals surface area (Å²) in [6.45, 7) is 0. The van der Waals surface area contributed by atoms with E-state index in [1.165, 1.54) is 14.2 Å². The molecule has 0 radical (unpaired) electrons. The van der Waals surface area contributed by atoms with Gasteiger partial charge in [0.1, 0.15) is 5.82 Å². The highest BCUT2D eigenvalue weighted by Crippen LogP contribution is 2.34. The van der Waals surface area contributed by atoms with Gasteiger partial charge in [-0.05, 0) is 24.3 Å². The number of rotatable bonds is 5. The van der Waals surface area contributed by atoms with Gasteiger partial charge in [-0.3, -0.25) is 9.00 Å². The highest BCUT2D eigenvalue weighted by Gasteiger charge is 2.29. The van der Waals surface area contributed by atoms with Gasteiger partial charge in [0.2, 0.25) is 0 Å². The third-order valence-corrected chi connectivity index (χ3v) is 5.76. The van der Waals surface area contributed by atoms with E-state index in [1.807, 2.05) is 30.3 Å². The van der Waals surface area contributed by atoms with Gasteiger partial charge in [0.05, 0.1) is 42.7 Å². The van der Waals surface area contributed by atoms with E-state index in [-0.39, 0.29) is 5.91 Å². The van der Waals surface area contributed by atoms with Crippen molar-refractivity contribution in [2.45, 2.75) is 11.5 Å². The van der Waals surface area contributed by atoms with E-state index in [4.69, 9.17) is 9.47 Å². The minimum Gasteiger partial charge on any atom is -0.493 e. The number of carbonyl (C=O) groups excluding carboxylic acids is 1. The zero-order valence-electron chi connectivity index (χ0n) is 15.5. The molecule has 1 N–H and O–H groups in total. The zero-order valence-corrected chi connectivity index (χ0v) is 16.3. The second kappa shape index (κ2) is 7.47. The number of nitrogens with zero attached hydrogens (tertiary/aromatic N) is 2. The van der Waals surface area contributed by atoms with Crippen LogP contribution in [0.5, 0.6) is 11.5 Å². The predicted molar refractivity (Wildman–Crippen MR) is 107 cm³/mol. The standard InChI is InChI=1S/C20H19N3O4S/c1-26-17-10-6-9-14(18(17)27-2)20(24)21-19-15-11-28(25)12-16(15)22-23(19)13-7-4-3-5-8-13/h3-10H,11-12H2,1-2H3,(H,21,24). The normalized spacial score (nSPS) is 15.1. The van der Waals surface area contributed by atoms with Gasteiger partial charge < -0.3 is 14.8 Å². The molecule has 0 spiro atoms. The maximum Gasteiger partial charge on any atom is 0.260 e. The van der Waals surface area contributed by atoms with Crippen molar-refractivity contribution in [2.24, 2.45) is 0 Å². The van der Waals surface area contributed by atoms with Crippen LogP contribution in [-0.4, -0.2) is 34.1 Å². The first-order valence-electron chi connectivity index (χ1n) is 8.66. The number of para-hydroxylation sites is 2. The first-order chi connectivity index (χ1) is 13.6. The average molecular weight is 397 g/mol. The molecule has 0 bridgehead atoms. The quantitative estimate of drug-likeness (QED) is 0.716. The summed E-state index contributed by atoms with van der Waals surface area (Å²) in [5.74, 6) is 1.76. The zero-order chi connectivity index (χ0) is 19.7. The summed E-state index contributed by atoms with van der Waals surface area (Å²) >= 11 is 0. The van der Waals surface area contributed by atoms with Crippen LogP contribution < -0.4 is 14.8 Å². The third kappa shape index (κ3) is 3.16. The second-order valence-electron chi connectivity index (χ2n) is 6.24. The van der Waals surface area contributed by atoms with E-state index in [1.54, 1.807) is 22.9 Å². The van der Waals surface area contributed by atoms with Crippen molar-refractivity contribution >= 4 is 22.5 Å². The Kier molecular flexibility index (Phi) is 4.87. The van der Waals surface area contributed by atoms with Gasteiger partial charge in [-0.2, -0.15) is 5.10 Å². The summed E-state index contributed by atoms with van der Waals surface area (Å²) in [6.07, 6.45) is 0. The van der Waals surface area contributed by atoms with Crippen LogP contribution in [0.2, 0.25) is 0 Å². The lowest BCUT2D eigenvalue weighted by atomic mass is 10.1. The number of amides is 1. The van der Waals surface area contributed by atoms with Crippen molar-refractivity contribution in [1.82, 2.24) is 9.78 Å². The first kappa shape index (κ1) is 18.2. The number of ether oxygens (including phenoxy) is 2. The summed E-state index contributed by atoms with van der Waals surface area (Å²) in [7, 11) is 2.00. The Bertz CT molecular complexity index is 1060. The smallest absolute Gasteiger partial charge is 0.260 e. The molecule has 2 heterocycles. The Hall–Kier alpha value is -3.13. The highest BCUT2D eigenvalue weighted by molar-refractivity contribution is 7.83. The number of benzene rings is 2. The molecule has 0 saturated carbocycles. The first-order valence-corrected chi connectivity index (χ1v) is 10.1. The van der Waals surface area contributed by atoms with Gasteiger partial charge in [-0.25, -0.2) is 4.68 Å². The third-order valence-electron chi connectivity index (χ3n) is 4.55. The van der Waals surface area contributed by atoms with E-state index >= 15 is 0 Å². The summed E-state index contributed by atoms with van der Waals surface area (Å²) < 4.78 is 24.4. The molecule has 144 valence electrons. The van der Waals surface area contributed by atoms with Crippen molar-refractivity contribution in [2.75, 3.05) is 19.5 Å². The Labute approximate surface area is 164 Å². The molecule has 1 aromatic heterocycles. The summed E-state index contributed by atoms with van der Waals surface area (Å²) in [4.78, 5) is 13.1. The number of aromatic nitrogens is 2. The van der Waals surface area contributed by atoms with Gasteiger partial charge in [0.15, 0.2) is 11.5 Å². The van der Waals surface area contributed by atoms with Crippen molar-refractivity contribution < 1.29 is 18.5 Å².